The van der Waals surface area contributed by atoms with Gasteiger partial charge in [-0.05, 0) is 6.08 Å². The fraction of sp³-hybridized carbons (Fsp3) is 0.200. The van der Waals surface area contributed by atoms with E-state index in [2.05, 4.69) is 12.3 Å². The SMILES string of the molecule is C=CC(=O)C(N)(O)C(=O)O. The van der Waals surface area contributed by atoms with Gasteiger partial charge >= 0.3 is 5.97 Å². The Hall–Kier alpha value is -1.20. The molecule has 56 valence electrons. The predicted octanol–water partition coefficient (Wildman–Crippen LogP) is -1.53. The van der Waals surface area contributed by atoms with Crippen LogP contribution in [0.25, 0.3) is 0 Å². The topological polar surface area (TPSA) is 101 Å². The van der Waals surface area contributed by atoms with E-state index in [4.69, 9.17) is 10.2 Å². The van der Waals surface area contributed by atoms with Crippen molar-refractivity contribution in [3.8, 4) is 0 Å². The Morgan fingerprint density at radius 3 is 2.10 bits per heavy atom. The molecule has 0 saturated heterocycles. The van der Waals surface area contributed by atoms with Gasteiger partial charge in [-0.3, -0.25) is 10.5 Å². The van der Waals surface area contributed by atoms with Crippen LogP contribution in [0.1, 0.15) is 0 Å². The van der Waals surface area contributed by atoms with Gasteiger partial charge in [-0.2, -0.15) is 0 Å². The quantitative estimate of drug-likeness (QED) is 0.254. The number of hydrogen-bond donors (Lipinski definition) is 3. The van der Waals surface area contributed by atoms with E-state index in [1.807, 2.05) is 0 Å². The number of carboxylic acid groups (broad SMARTS) is 1. The van der Waals surface area contributed by atoms with Gasteiger partial charge in [0.15, 0.2) is 0 Å². The van der Waals surface area contributed by atoms with Crippen LogP contribution in [-0.2, 0) is 9.59 Å². The number of rotatable bonds is 3. The largest absolute Gasteiger partial charge is 0.478 e. The summed E-state index contributed by atoms with van der Waals surface area (Å²) < 4.78 is 0. The van der Waals surface area contributed by atoms with Crippen molar-refractivity contribution < 1.29 is 19.8 Å². The van der Waals surface area contributed by atoms with Gasteiger partial charge in [-0.1, -0.05) is 6.58 Å². The van der Waals surface area contributed by atoms with Crippen LogP contribution in [0.5, 0.6) is 0 Å². The lowest BCUT2D eigenvalue weighted by Gasteiger charge is -2.12. The summed E-state index contributed by atoms with van der Waals surface area (Å²) in [5.74, 6) is -2.93. The van der Waals surface area contributed by atoms with Gasteiger partial charge in [0.2, 0.25) is 5.78 Å². The highest BCUT2D eigenvalue weighted by atomic mass is 16.4. The summed E-state index contributed by atoms with van der Waals surface area (Å²) >= 11 is 0. The van der Waals surface area contributed by atoms with E-state index in [1.54, 1.807) is 0 Å². The van der Waals surface area contributed by atoms with E-state index in [1.165, 1.54) is 0 Å². The second-order valence-electron chi connectivity index (χ2n) is 1.64. The molecule has 0 saturated carbocycles. The number of aliphatic carboxylic acids is 1. The molecule has 0 aliphatic carbocycles. The number of carbonyl (C=O) groups is 2. The summed E-state index contributed by atoms with van der Waals surface area (Å²) in [7, 11) is 0. The number of nitrogens with two attached hydrogens (primary N) is 1. The fourth-order valence-corrected chi connectivity index (χ4v) is 0.261. The monoisotopic (exact) mass is 145 g/mol. The Bertz CT molecular complexity index is 184. The minimum atomic E-state index is -2.83. The zero-order chi connectivity index (χ0) is 8.36. The summed E-state index contributed by atoms with van der Waals surface area (Å²) in [5.41, 5.74) is 1.82. The molecular weight excluding hydrogens is 138 g/mol. The smallest absolute Gasteiger partial charge is 0.359 e. The molecule has 0 radical (unpaired) electrons. The van der Waals surface area contributed by atoms with E-state index in [9.17, 15) is 9.59 Å². The van der Waals surface area contributed by atoms with Crippen molar-refractivity contribution in [1.29, 1.82) is 0 Å². The first-order chi connectivity index (χ1) is 4.42. The zero-order valence-electron chi connectivity index (χ0n) is 5.07. The number of carbonyl (C=O) groups excluding carboxylic acids is 1. The predicted molar refractivity (Wildman–Crippen MR) is 32.0 cm³/mol. The summed E-state index contributed by atoms with van der Waals surface area (Å²) in [6.45, 7) is 2.96. The number of ketones is 1. The molecule has 10 heavy (non-hydrogen) atoms. The Kier molecular flexibility index (Phi) is 2.28. The van der Waals surface area contributed by atoms with Crippen LogP contribution in [0, 0.1) is 0 Å². The van der Waals surface area contributed by atoms with Gasteiger partial charge in [0.1, 0.15) is 0 Å². The molecule has 0 amide bonds. The van der Waals surface area contributed by atoms with Crippen molar-refractivity contribution in [2.24, 2.45) is 5.73 Å². The van der Waals surface area contributed by atoms with Crippen molar-refractivity contribution in [2.45, 2.75) is 5.72 Å². The van der Waals surface area contributed by atoms with Crippen LogP contribution in [0.3, 0.4) is 0 Å². The van der Waals surface area contributed by atoms with E-state index in [-0.39, 0.29) is 0 Å². The lowest BCUT2D eigenvalue weighted by Crippen LogP contribution is -2.54. The van der Waals surface area contributed by atoms with Crippen molar-refractivity contribution in [2.75, 3.05) is 0 Å². The molecule has 0 aromatic rings. The minimum Gasteiger partial charge on any atom is -0.478 e. The third-order valence-corrected chi connectivity index (χ3v) is 0.887. The van der Waals surface area contributed by atoms with E-state index < -0.39 is 17.5 Å². The third kappa shape index (κ3) is 1.40. The molecule has 5 heteroatoms. The second-order valence-corrected chi connectivity index (χ2v) is 1.64. The maximum atomic E-state index is 10.4. The first-order valence-corrected chi connectivity index (χ1v) is 2.34. The van der Waals surface area contributed by atoms with Crippen molar-refractivity contribution in [3.63, 3.8) is 0 Å². The Morgan fingerprint density at radius 2 is 2.00 bits per heavy atom. The van der Waals surface area contributed by atoms with Gasteiger partial charge in [-0.25, -0.2) is 4.79 Å². The maximum absolute atomic E-state index is 10.4. The fourth-order valence-electron chi connectivity index (χ4n) is 0.261. The second kappa shape index (κ2) is 2.59. The normalized spacial score (nSPS) is 15.4. The standard InChI is InChI=1S/C5H7NO4/c1-2-3(7)5(6,10)4(8)9/h2,10H,1,6H2,(H,8,9). The Balaban J connectivity index is 4.55. The average Bonchev–Trinajstić information content (AvgIpc) is 1.86. The molecule has 1 unspecified atom stereocenters. The highest BCUT2D eigenvalue weighted by molar-refractivity contribution is 6.10. The van der Waals surface area contributed by atoms with Gasteiger partial charge in [0.05, 0.1) is 0 Å². The molecule has 0 heterocycles. The summed E-state index contributed by atoms with van der Waals surface area (Å²) in [5, 5.41) is 16.7. The van der Waals surface area contributed by atoms with Crippen LogP contribution in [0.2, 0.25) is 0 Å². The van der Waals surface area contributed by atoms with Crippen LogP contribution in [0.15, 0.2) is 12.7 Å². The number of aliphatic hydroxyl groups is 1. The lowest BCUT2D eigenvalue weighted by atomic mass is 10.1. The van der Waals surface area contributed by atoms with Crippen LogP contribution >= 0.6 is 0 Å². The number of carboxylic acids is 1. The van der Waals surface area contributed by atoms with Gasteiger partial charge in [0, 0.05) is 0 Å². The first kappa shape index (κ1) is 8.80. The van der Waals surface area contributed by atoms with Crippen molar-refractivity contribution >= 4 is 11.8 Å². The Morgan fingerprint density at radius 1 is 1.60 bits per heavy atom. The van der Waals surface area contributed by atoms with E-state index in [0.717, 1.165) is 0 Å². The van der Waals surface area contributed by atoms with Crippen molar-refractivity contribution in [3.05, 3.63) is 12.7 Å². The molecule has 0 aromatic carbocycles. The molecular formula is C5H7NO4. The van der Waals surface area contributed by atoms with Crippen LogP contribution in [0.4, 0.5) is 0 Å². The summed E-state index contributed by atoms with van der Waals surface area (Å²) in [6, 6.07) is 0. The highest BCUT2D eigenvalue weighted by Gasteiger charge is 2.37. The molecule has 0 aromatic heterocycles. The summed E-state index contributed by atoms with van der Waals surface area (Å²) in [4.78, 5) is 20.4. The molecule has 0 aliphatic rings. The first-order valence-electron chi connectivity index (χ1n) is 2.34. The molecule has 0 aliphatic heterocycles. The number of hydrogen-bond acceptors (Lipinski definition) is 4. The third-order valence-electron chi connectivity index (χ3n) is 0.887. The van der Waals surface area contributed by atoms with Gasteiger partial charge < -0.3 is 10.2 Å². The van der Waals surface area contributed by atoms with Gasteiger partial charge in [-0.15, -0.1) is 0 Å². The molecule has 1 atom stereocenters. The zero-order valence-corrected chi connectivity index (χ0v) is 5.07. The van der Waals surface area contributed by atoms with E-state index >= 15 is 0 Å². The minimum absolute atomic E-state index is 0.647. The molecule has 0 bridgehead atoms. The van der Waals surface area contributed by atoms with Crippen LogP contribution in [-0.4, -0.2) is 27.7 Å². The summed E-state index contributed by atoms with van der Waals surface area (Å²) in [6.07, 6.45) is 0.647. The van der Waals surface area contributed by atoms with Gasteiger partial charge in [0.25, 0.3) is 5.72 Å². The molecule has 5 nitrogen and oxygen atoms in total. The Labute approximate surface area is 56.8 Å². The average molecular weight is 145 g/mol. The maximum Gasteiger partial charge on any atom is 0.359 e. The molecule has 4 N–H and O–H groups in total. The highest BCUT2D eigenvalue weighted by Crippen LogP contribution is 1.96. The lowest BCUT2D eigenvalue weighted by molar-refractivity contribution is -0.162. The molecule has 0 fully saturated rings. The van der Waals surface area contributed by atoms with E-state index in [0.29, 0.717) is 6.08 Å². The van der Waals surface area contributed by atoms with Crippen molar-refractivity contribution in [1.82, 2.24) is 0 Å². The molecule has 0 rings (SSSR count). The van der Waals surface area contributed by atoms with Crippen LogP contribution < -0.4 is 5.73 Å². The molecule has 0 spiro atoms.